The molecule has 0 spiro atoms. The number of rotatable bonds is 3. The molecule has 146 valence electrons. The van der Waals surface area contributed by atoms with Crippen LogP contribution < -0.4 is 10.4 Å². The van der Waals surface area contributed by atoms with Gasteiger partial charge in [0.2, 0.25) is 5.88 Å². The summed E-state index contributed by atoms with van der Waals surface area (Å²) in [6, 6.07) is 11.0. The molecule has 0 atom stereocenters. The van der Waals surface area contributed by atoms with E-state index in [4.69, 9.17) is 9.47 Å². The van der Waals surface area contributed by atoms with Gasteiger partial charge in [0.05, 0.1) is 36.0 Å². The molecule has 1 aliphatic rings. The highest BCUT2D eigenvalue weighted by Gasteiger charge is 2.35. The maximum absolute atomic E-state index is 12.3. The Balaban J connectivity index is 1.41. The van der Waals surface area contributed by atoms with E-state index in [2.05, 4.69) is 9.97 Å². The Kier molecular flexibility index (Phi) is 4.33. The third-order valence-electron chi connectivity index (χ3n) is 4.36. The van der Waals surface area contributed by atoms with Crippen molar-refractivity contribution >= 4 is 17.1 Å². The van der Waals surface area contributed by atoms with Gasteiger partial charge in [0.15, 0.2) is 0 Å². The first-order chi connectivity index (χ1) is 13.3. The molecule has 0 saturated carbocycles. The van der Waals surface area contributed by atoms with Crippen LogP contribution in [0.4, 0.5) is 4.79 Å². The Morgan fingerprint density at radius 2 is 1.93 bits per heavy atom. The minimum Gasteiger partial charge on any atom is -0.471 e. The Morgan fingerprint density at radius 1 is 1.18 bits per heavy atom. The van der Waals surface area contributed by atoms with E-state index in [1.165, 1.54) is 0 Å². The van der Waals surface area contributed by atoms with Crippen molar-refractivity contribution in [2.24, 2.45) is 0 Å². The fourth-order valence-electron chi connectivity index (χ4n) is 3.04. The largest absolute Gasteiger partial charge is 0.471 e. The second-order valence-corrected chi connectivity index (χ2v) is 7.76. The van der Waals surface area contributed by atoms with Crippen molar-refractivity contribution in [2.45, 2.75) is 32.5 Å². The summed E-state index contributed by atoms with van der Waals surface area (Å²) in [7, 11) is 0. The lowest BCUT2D eigenvalue weighted by atomic mass is 10.2. The lowest BCUT2D eigenvalue weighted by Gasteiger charge is -2.39. The number of carbonyl (C=O) groups is 1. The number of likely N-dealkylation sites (tertiary alicyclic amines) is 1. The van der Waals surface area contributed by atoms with E-state index in [1.807, 2.05) is 45.0 Å². The second-order valence-electron chi connectivity index (χ2n) is 7.76. The average molecular weight is 382 g/mol. The number of hydrogen-bond acceptors (Lipinski definition) is 5. The highest BCUT2D eigenvalue weighted by atomic mass is 16.6. The van der Waals surface area contributed by atoms with Crippen molar-refractivity contribution < 1.29 is 14.3 Å². The van der Waals surface area contributed by atoms with Crippen LogP contribution in [0, 0.1) is 0 Å². The number of H-pyrrole nitrogens is 1. The number of nitrogens with one attached hydrogen (secondary N) is 1. The van der Waals surface area contributed by atoms with Crippen molar-refractivity contribution in [2.75, 3.05) is 13.1 Å². The number of para-hydroxylation sites is 2. The fourth-order valence-corrected chi connectivity index (χ4v) is 3.04. The van der Waals surface area contributed by atoms with Gasteiger partial charge in [-0.05, 0) is 39.0 Å². The van der Waals surface area contributed by atoms with Gasteiger partial charge in [0.1, 0.15) is 11.7 Å². The van der Waals surface area contributed by atoms with E-state index < -0.39 is 5.60 Å². The van der Waals surface area contributed by atoms with Crippen LogP contribution in [0.25, 0.3) is 16.7 Å². The van der Waals surface area contributed by atoms with E-state index in [1.54, 1.807) is 27.8 Å². The van der Waals surface area contributed by atoms with E-state index in [0.29, 0.717) is 24.7 Å². The molecule has 8 nitrogen and oxygen atoms in total. The molecule has 0 unspecified atom stereocenters. The second kappa shape index (κ2) is 6.70. The predicted molar refractivity (Wildman–Crippen MR) is 104 cm³/mol. The molecule has 1 N–H and O–H groups in total. The average Bonchev–Trinajstić information content (AvgIpc) is 2.92. The number of hydrogen-bond donors (Lipinski definition) is 1. The van der Waals surface area contributed by atoms with Gasteiger partial charge in [-0.3, -0.25) is 4.57 Å². The van der Waals surface area contributed by atoms with Crippen LogP contribution in [0.5, 0.6) is 5.88 Å². The van der Waals surface area contributed by atoms with Crippen LogP contribution in [-0.2, 0) is 4.74 Å². The molecular formula is C20H22N4O4. The van der Waals surface area contributed by atoms with Crippen LogP contribution >= 0.6 is 0 Å². The Bertz CT molecular complexity index is 1060. The van der Waals surface area contributed by atoms with Gasteiger partial charge in [-0.2, -0.15) is 0 Å². The van der Waals surface area contributed by atoms with Crippen LogP contribution in [0.15, 0.2) is 47.4 Å². The number of amides is 1. The van der Waals surface area contributed by atoms with E-state index in [-0.39, 0.29) is 17.9 Å². The molecule has 2 aromatic heterocycles. The number of nitrogens with zero attached hydrogens (tertiary/aromatic N) is 3. The molecule has 1 fully saturated rings. The van der Waals surface area contributed by atoms with Crippen LogP contribution in [-0.4, -0.2) is 50.3 Å². The van der Waals surface area contributed by atoms with Crippen LogP contribution in [0.1, 0.15) is 20.8 Å². The maximum Gasteiger partial charge on any atom is 0.410 e. The molecule has 8 heteroatoms. The SMILES string of the molecule is CC(C)(C)OC(=O)N1CC(Oc2ccc(-n3c(=O)[nH]c4ccccc43)cn2)C1. The molecule has 1 amide bonds. The van der Waals surface area contributed by atoms with Gasteiger partial charge in [-0.1, -0.05) is 12.1 Å². The summed E-state index contributed by atoms with van der Waals surface area (Å²) in [6.07, 6.45) is 1.14. The zero-order valence-electron chi connectivity index (χ0n) is 16.0. The van der Waals surface area contributed by atoms with Crippen LogP contribution in [0.2, 0.25) is 0 Å². The zero-order valence-corrected chi connectivity index (χ0v) is 16.0. The van der Waals surface area contributed by atoms with Gasteiger partial charge < -0.3 is 19.4 Å². The number of fused-ring (bicyclic) bond motifs is 1. The third-order valence-corrected chi connectivity index (χ3v) is 4.36. The molecule has 28 heavy (non-hydrogen) atoms. The fraction of sp³-hybridized carbons (Fsp3) is 0.350. The Hall–Kier alpha value is -3.29. The highest BCUT2D eigenvalue weighted by molar-refractivity contribution is 5.77. The Morgan fingerprint density at radius 3 is 2.61 bits per heavy atom. The first-order valence-electron chi connectivity index (χ1n) is 9.11. The monoisotopic (exact) mass is 382 g/mol. The summed E-state index contributed by atoms with van der Waals surface area (Å²) < 4.78 is 12.7. The van der Waals surface area contributed by atoms with E-state index in [0.717, 1.165) is 11.0 Å². The number of benzene rings is 1. The standard InChI is InChI=1S/C20H22N4O4/c1-20(2,3)28-19(26)23-11-14(12-23)27-17-9-8-13(10-21-17)24-16-7-5-4-6-15(16)22-18(24)25/h4-10,14H,11-12H2,1-3H3,(H,22,25). The lowest BCUT2D eigenvalue weighted by molar-refractivity contribution is -0.0232. The van der Waals surface area contributed by atoms with Gasteiger partial charge in [0, 0.05) is 6.07 Å². The van der Waals surface area contributed by atoms with Crippen molar-refractivity contribution in [3.63, 3.8) is 0 Å². The summed E-state index contributed by atoms with van der Waals surface area (Å²) in [6.45, 7) is 6.43. The van der Waals surface area contributed by atoms with Crippen molar-refractivity contribution in [1.82, 2.24) is 19.4 Å². The van der Waals surface area contributed by atoms with Gasteiger partial charge >= 0.3 is 11.8 Å². The first kappa shape index (κ1) is 18.1. The predicted octanol–water partition coefficient (Wildman–Crippen LogP) is 2.71. The van der Waals surface area contributed by atoms with Gasteiger partial charge in [-0.25, -0.2) is 14.6 Å². The van der Waals surface area contributed by atoms with E-state index in [9.17, 15) is 9.59 Å². The summed E-state index contributed by atoms with van der Waals surface area (Å²) in [5.74, 6) is 0.450. The summed E-state index contributed by atoms with van der Waals surface area (Å²) >= 11 is 0. The molecule has 0 bridgehead atoms. The molecule has 4 rings (SSSR count). The minimum absolute atomic E-state index is 0.123. The molecular weight excluding hydrogens is 360 g/mol. The zero-order chi connectivity index (χ0) is 19.9. The summed E-state index contributed by atoms with van der Waals surface area (Å²) in [5, 5.41) is 0. The molecule has 3 heterocycles. The number of pyridine rings is 1. The molecule has 1 saturated heterocycles. The van der Waals surface area contributed by atoms with E-state index >= 15 is 0 Å². The Labute approximate surface area is 161 Å². The van der Waals surface area contributed by atoms with Crippen molar-refractivity contribution in [3.05, 3.63) is 53.1 Å². The van der Waals surface area contributed by atoms with Gasteiger partial charge in [0.25, 0.3) is 0 Å². The van der Waals surface area contributed by atoms with Crippen LogP contribution in [0.3, 0.4) is 0 Å². The highest BCUT2D eigenvalue weighted by Crippen LogP contribution is 2.21. The summed E-state index contributed by atoms with van der Waals surface area (Å²) in [5.41, 5.74) is 1.47. The number of ether oxygens (including phenoxy) is 2. The third kappa shape index (κ3) is 3.58. The molecule has 0 aliphatic carbocycles. The van der Waals surface area contributed by atoms with Crippen molar-refractivity contribution in [1.29, 1.82) is 0 Å². The molecule has 1 aromatic carbocycles. The quantitative estimate of drug-likeness (QED) is 0.752. The number of imidazole rings is 1. The normalized spacial score (nSPS) is 14.8. The molecule has 0 radical (unpaired) electrons. The topological polar surface area (TPSA) is 89.5 Å². The smallest absolute Gasteiger partial charge is 0.410 e. The maximum atomic E-state index is 12.3. The first-order valence-corrected chi connectivity index (χ1v) is 9.11. The van der Waals surface area contributed by atoms with Crippen molar-refractivity contribution in [3.8, 4) is 11.6 Å². The van der Waals surface area contributed by atoms with Gasteiger partial charge in [-0.15, -0.1) is 0 Å². The number of aromatic amines is 1. The summed E-state index contributed by atoms with van der Waals surface area (Å²) in [4.78, 5) is 32.9. The number of aromatic nitrogens is 3. The minimum atomic E-state index is -0.513. The lowest BCUT2D eigenvalue weighted by Crippen LogP contribution is -2.57. The number of carbonyl (C=O) groups excluding carboxylic acids is 1. The molecule has 1 aliphatic heterocycles. The molecule has 3 aromatic rings.